The summed E-state index contributed by atoms with van der Waals surface area (Å²) in [7, 11) is 0. The smallest absolute Gasteiger partial charge is 0.138 e. The number of benzene rings is 1. The Kier molecular flexibility index (Phi) is 3.61. The van der Waals surface area contributed by atoms with Gasteiger partial charge in [0.25, 0.3) is 0 Å². The standard InChI is InChI=1S/C13H8ClN5/c1-8-12(14)17-7-18-13(8)19-11-3-2-9(5-15)10(4-11)6-16/h2-4,7H,1H3,(H,17,18,19). The van der Waals surface area contributed by atoms with Crippen molar-refractivity contribution < 1.29 is 0 Å². The lowest BCUT2D eigenvalue weighted by molar-refractivity contribution is 1.13. The summed E-state index contributed by atoms with van der Waals surface area (Å²) in [6.07, 6.45) is 1.35. The monoisotopic (exact) mass is 269 g/mol. The fraction of sp³-hybridized carbons (Fsp3) is 0.0769. The van der Waals surface area contributed by atoms with E-state index in [2.05, 4.69) is 15.3 Å². The molecule has 0 aliphatic carbocycles. The van der Waals surface area contributed by atoms with E-state index in [9.17, 15) is 0 Å². The van der Waals surface area contributed by atoms with E-state index in [0.717, 1.165) is 0 Å². The third-order valence-electron chi connectivity index (χ3n) is 2.55. The van der Waals surface area contributed by atoms with Crippen molar-refractivity contribution >= 4 is 23.1 Å². The van der Waals surface area contributed by atoms with Gasteiger partial charge in [0.05, 0.1) is 11.1 Å². The Morgan fingerprint density at radius 1 is 1.16 bits per heavy atom. The van der Waals surface area contributed by atoms with Crippen LogP contribution in [0.3, 0.4) is 0 Å². The first-order valence-electron chi connectivity index (χ1n) is 5.34. The van der Waals surface area contributed by atoms with Gasteiger partial charge in [-0.25, -0.2) is 9.97 Å². The molecule has 19 heavy (non-hydrogen) atoms. The zero-order chi connectivity index (χ0) is 13.8. The van der Waals surface area contributed by atoms with Gasteiger partial charge < -0.3 is 5.32 Å². The van der Waals surface area contributed by atoms with Gasteiger partial charge in [-0.3, -0.25) is 0 Å². The van der Waals surface area contributed by atoms with E-state index in [1.54, 1.807) is 25.1 Å². The molecule has 1 aromatic heterocycles. The lowest BCUT2D eigenvalue weighted by Crippen LogP contribution is -1.99. The average Bonchev–Trinajstić information content (AvgIpc) is 2.43. The molecule has 1 N–H and O–H groups in total. The van der Waals surface area contributed by atoms with Gasteiger partial charge in [-0.15, -0.1) is 0 Å². The van der Waals surface area contributed by atoms with Crippen LogP contribution in [-0.4, -0.2) is 9.97 Å². The van der Waals surface area contributed by atoms with E-state index in [1.807, 2.05) is 12.1 Å². The summed E-state index contributed by atoms with van der Waals surface area (Å²) in [4.78, 5) is 7.94. The molecule has 0 aliphatic rings. The van der Waals surface area contributed by atoms with Gasteiger partial charge in [-0.05, 0) is 25.1 Å². The number of anilines is 2. The van der Waals surface area contributed by atoms with Crippen LogP contribution in [0.15, 0.2) is 24.5 Å². The molecule has 0 unspecified atom stereocenters. The van der Waals surface area contributed by atoms with Crippen molar-refractivity contribution in [3.63, 3.8) is 0 Å². The molecular weight excluding hydrogens is 262 g/mol. The van der Waals surface area contributed by atoms with E-state index in [4.69, 9.17) is 22.1 Å². The van der Waals surface area contributed by atoms with Gasteiger partial charge in [0.15, 0.2) is 0 Å². The first-order chi connectivity index (χ1) is 9.15. The largest absolute Gasteiger partial charge is 0.340 e. The highest BCUT2D eigenvalue weighted by Gasteiger charge is 2.07. The lowest BCUT2D eigenvalue weighted by Gasteiger charge is -2.09. The third kappa shape index (κ3) is 2.62. The van der Waals surface area contributed by atoms with Crippen LogP contribution >= 0.6 is 11.6 Å². The Hall–Kier alpha value is -2.63. The highest BCUT2D eigenvalue weighted by atomic mass is 35.5. The van der Waals surface area contributed by atoms with Crippen molar-refractivity contribution in [1.29, 1.82) is 10.5 Å². The molecule has 2 rings (SSSR count). The van der Waals surface area contributed by atoms with E-state index in [1.165, 1.54) is 6.33 Å². The quantitative estimate of drug-likeness (QED) is 0.847. The van der Waals surface area contributed by atoms with Crippen LogP contribution in [0.25, 0.3) is 0 Å². The van der Waals surface area contributed by atoms with E-state index in [-0.39, 0.29) is 0 Å². The van der Waals surface area contributed by atoms with Crippen LogP contribution in [-0.2, 0) is 0 Å². The molecule has 2 aromatic rings. The minimum atomic E-state index is 0.310. The molecule has 0 spiro atoms. The van der Waals surface area contributed by atoms with Crippen molar-refractivity contribution in [3.8, 4) is 12.1 Å². The minimum absolute atomic E-state index is 0.310. The lowest BCUT2D eigenvalue weighted by atomic mass is 10.1. The Labute approximate surface area is 115 Å². The van der Waals surface area contributed by atoms with Gasteiger partial charge >= 0.3 is 0 Å². The molecule has 5 nitrogen and oxygen atoms in total. The Morgan fingerprint density at radius 3 is 2.58 bits per heavy atom. The number of rotatable bonds is 2. The Balaban J connectivity index is 2.38. The summed E-state index contributed by atoms with van der Waals surface area (Å²) in [5, 5.41) is 21.2. The summed E-state index contributed by atoms with van der Waals surface area (Å²) >= 11 is 5.90. The molecule has 1 aromatic carbocycles. The molecule has 92 valence electrons. The maximum atomic E-state index is 8.96. The molecule has 0 aliphatic heterocycles. The van der Waals surface area contributed by atoms with Crippen LogP contribution in [0, 0.1) is 29.6 Å². The molecule has 1 heterocycles. The second kappa shape index (κ2) is 5.34. The van der Waals surface area contributed by atoms with Crippen molar-refractivity contribution in [2.75, 3.05) is 5.32 Å². The predicted molar refractivity (Wildman–Crippen MR) is 70.9 cm³/mol. The average molecular weight is 270 g/mol. The molecule has 0 saturated heterocycles. The molecular formula is C13H8ClN5. The second-order valence-electron chi connectivity index (χ2n) is 3.75. The topological polar surface area (TPSA) is 85.4 Å². The molecule has 0 saturated carbocycles. The van der Waals surface area contributed by atoms with Crippen molar-refractivity contribution in [2.24, 2.45) is 0 Å². The molecule has 0 amide bonds. The van der Waals surface area contributed by atoms with E-state index >= 15 is 0 Å². The maximum absolute atomic E-state index is 8.96. The summed E-state index contributed by atoms with van der Waals surface area (Å²) in [5.41, 5.74) is 2.02. The van der Waals surface area contributed by atoms with Crippen molar-refractivity contribution in [3.05, 3.63) is 46.4 Å². The number of nitriles is 2. The zero-order valence-corrected chi connectivity index (χ0v) is 10.7. The molecule has 0 atom stereocenters. The molecule has 0 bridgehead atoms. The summed E-state index contributed by atoms with van der Waals surface area (Å²) in [5.74, 6) is 0.564. The van der Waals surface area contributed by atoms with Gasteiger partial charge in [0, 0.05) is 11.3 Å². The van der Waals surface area contributed by atoms with Crippen molar-refractivity contribution in [1.82, 2.24) is 9.97 Å². The van der Waals surface area contributed by atoms with Crippen molar-refractivity contribution in [2.45, 2.75) is 6.92 Å². The third-order valence-corrected chi connectivity index (χ3v) is 2.93. The number of halogens is 1. The molecule has 0 fully saturated rings. The van der Waals surface area contributed by atoms with Gasteiger partial charge in [-0.1, -0.05) is 11.6 Å². The number of aromatic nitrogens is 2. The van der Waals surface area contributed by atoms with Crippen LogP contribution in [0.2, 0.25) is 5.15 Å². The summed E-state index contributed by atoms with van der Waals surface area (Å²) < 4.78 is 0. The van der Waals surface area contributed by atoms with Gasteiger partial charge in [-0.2, -0.15) is 10.5 Å². The second-order valence-corrected chi connectivity index (χ2v) is 4.11. The van der Waals surface area contributed by atoms with Crippen LogP contribution in [0.5, 0.6) is 0 Å². The van der Waals surface area contributed by atoms with E-state index < -0.39 is 0 Å². The highest BCUT2D eigenvalue weighted by Crippen LogP contribution is 2.23. The number of nitrogens with one attached hydrogen (secondary N) is 1. The SMILES string of the molecule is Cc1c(Cl)ncnc1Nc1ccc(C#N)c(C#N)c1. The fourth-order valence-electron chi connectivity index (χ4n) is 1.50. The highest BCUT2D eigenvalue weighted by molar-refractivity contribution is 6.30. The Bertz CT molecular complexity index is 712. The Morgan fingerprint density at radius 2 is 1.89 bits per heavy atom. The predicted octanol–water partition coefficient (Wildman–Crippen LogP) is 2.93. The van der Waals surface area contributed by atoms with Crippen LogP contribution in [0.1, 0.15) is 16.7 Å². The zero-order valence-electron chi connectivity index (χ0n) is 9.98. The summed E-state index contributed by atoms with van der Waals surface area (Å²) in [6, 6.07) is 8.82. The minimum Gasteiger partial charge on any atom is -0.340 e. The fourth-order valence-corrected chi connectivity index (χ4v) is 1.64. The van der Waals surface area contributed by atoms with Gasteiger partial charge in [0.1, 0.15) is 29.4 Å². The normalized spacial score (nSPS) is 9.47. The maximum Gasteiger partial charge on any atom is 0.138 e. The van der Waals surface area contributed by atoms with Crippen LogP contribution in [0.4, 0.5) is 11.5 Å². The summed E-state index contributed by atoms with van der Waals surface area (Å²) in [6.45, 7) is 1.79. The van der Waals surface area contributed by atoms with E-state index in [0.29, 0.717) is 33.3 Å². The molecule has 0 radical (unpaired) electrons. The molecule has 6 heteroatoms. The first-order valence-corrected chi connectivity index (χ1v) is 5.72. The first kappa shape index (κ1) is 12.8. The van der Waals surface area contributed by atoms with Gasteiger partial charge in [0.2, 0.25) is 0 Å². The number of nitrogens with zero attached hydrogens (tertiary/aromatic N) is 4. The number of hydrogen-bond donors (Lipinski definition) is 1. The number of hydrogen-bond acceptors (Lipinski definition) is 5. The van der Waals surface area contributed by atoms with Crippen LogP contribution < -0.4 is 5.32 Å².